The number of fused-ring (bicyclic) bond motifs is 2. The molecular weight excluding hydrogens is 512 g/mol. The number of aliphatic hydroxyl groups is 1. The first-order valence-corrected chi connectivity index (χ1v) is 13.1. The Morgan fingerprint density at radius 1 is 0.974 bits per heavy atom. The van der Waals surface area contributed by atoms with Crippen molar-refractivity contribution in [3.8, 4) is 0 Å². The van der Waals surface area contributed by atoms with Crippen LogP contribution in [-0.4, -0.2) is 71.6 Å². The van der Waals surface area contributed by atoms with E-state index in [9.17, 15) is 29.1 Å². The van der Waals surface area contributed by atoms with Crippen molar-refractivity contribution in [2.75, 3.05) is 6.61 Å². The fourth-order valence-corrected chi connectivity index (χ4v) is 6.32. The van der Waals surface area contributed by atoms with Crippen molar-refractivity contribution in [1.29, 1.82) is 0 Å². The third-order valence-electron chi connectivity index (χ3n) is 8.21. The fraction of sp³-hybridized carbons (Fsp3) is 0.679. The SMILES string of the molecule is C=C1CC[C@H](OC(C)=O)[C@]2(C)[C@@H](OC(C)=O)CC/C(COC(C)=O)=C\[C@@H]3OC(=O)[C@H](C)[C@@]3(O)[C@@H](OC(C)=O)[C@@H]12. The van der Waals surface area contributed by atoms with Crippen LogP contribution in [0, 0.1) is 17.3 Å². The van der Waals surface area contributed by atoms with Crippen molar-refractivity contribution in [3.63, 3.8) is 0 Å². The zero-order chi connectivity index (χ0) is 29.3. The maximum atomic E-state index is 12.9. The predicted molar refractivity (Wildman–Crippen MR) is 135 cm³/mol. The van der Waals surface area contributed by atoms with Gasteiger partial charge in [0.2, 0.25) is 0 Å². The molecule has 0 amide bonds. The molecule has 3 aliphatic rings. The van der Waals surface area contributed by atoms with E-state index in [1.54, 1.807) is 6.92 Å². The van der Waals surface area contributed by atoms with E-state index in [0.29, 0.717) is 24.0 Å². The zero-order valence-corrected chi connectivity index (χ0v) is 23.3. The second-order valence-electron chi connectivity index (χ2n) is 10.9. The Morgan fingerprint density at radius 3 is 2.03 bits per heavy atom. The third-order valence-corrected chi connectivity index (χ3v) is 8.21. The van der Waals surface area contributed by atoms with E-state index in [1.165, 1.54) is 40.7 Å². The Kier molecular flexibility index (Phi) is 8.94. The maximum absolute atomic E-state index is 12.9. The fourth-order valence-electron chi connectivity index (χ4n) is 6.32. The lowest BCUT2D eigenvalue weighted by Crippen LogP contribution is -2.65. The highest BCUT2D eigenvalue weighted by Crippen LogP contribution is 2.56. The Labute approximate surface area is 227 Å². The van der Waals surface area contributed by atoms with E-state index in [2.05, 4.69) is 6.58 Å². The Morgan fingerprint density at radius 2 is 1.51 bits per heavy atom. The van der Waals surface area contributed by atoms with Gasteiger partial charge in [-0.05, 0) is 44.3 Å². The third kappa shape index (κ3) is 5.88. The van der Waals surface area contributed by atoms with Gasteiger partial charge >= 0.3 is 29.8 Å². The topological polar surface area (TPSA) is 152 Å². The van der Waals surface area contributed by atoms with Gasteiger partial charge in [0, 0.05) is 33.6 Å². The summed E-state index contributed by atoms with van der Waals surface area (Å²) >= 11 is 0. The predicted octanol–water partition coefficient (Wildman–Crippen LogP) is 2.33. The van der Waals surface area contributed by atoms with Gasteiger partial charge in [0.05, 0.1) is 11.3 Å². The van der Waals surface area contributed by atoms with Crippen molar-refractivity contribution in [1.82, 2.24) is 0 Å². The van der Waals surface area contributed by atoms with Crippen LogP contribution in [0.25, 0.3) is 0 Å². The van der Waals surface area contributed by atoms with Crippen molar-refractivity contribution < 1.29 is 52.8 Å². The molecule has 0 unspecified atom stereocenters. The minimum Gasteiger partial charge on any atom is -0.462 e. The Hall–Kier alpha value is -3.21. The first-order chi connectivity index (χ1) is 18.1. The van der Waals surface area contributed by atoms with Crippen LogP contribution in [0.2, 0.25) is 0 Å². The van der Waals surface area contributed by atoms with E-state index in [0.717, 1.165) is 0 Å². The van der Waals surface area contributed by atoms with Crippen molar-refractivity contribution >= 4 is 29.8 Å². The van der Waals surface area contributed by atoms with Gasteiger partial charge in [0.15, 0.2) is 11.7 Å². The number of carbonyl (C=O) groups is 5. The molecule has 0 aromatic carbocycles. The molecule has 1 saturated heterocycles. The highest BCUT2D eigenvalue weighted by atomic mass is 16.6. The highest BCUT2D eigenvalue weighted by molar-refractivity contribution is 5.78. The lowest BCUT2D eigenvalue weighted by atomic mass is 9.55. The van der Waals surface area contributed by atoms with E-state index in [1.807, 2.05) is 0 Å². The molecule has 0 aromatic rings. The smallest absolute Gasteiger partial charge is 0.312 e. The lowest BCUT2D eigenvalue weighted by molar-refractivity contribution is -0.219. The van der Waals surface area contributed by atoms with Crippen LogP contribution >= 0.6 is 0 Å². The minimum absolute atomic E-state index is 0.168. The molecule has 0 bridgehead atoms. The molecule has 0 spiro atoms. The average molecular weight is 551 g/mol. The van der Waals surface area contributed by atoms with E-state index >= 15 is 0 Å². The second-order valence-corrected chi connectivity index (χ2v) is 10.9. The number of hydrogen-bond acceptors (Lipinski definition) is 11. The molecule has 216 valence electrons. The van der Waals surface area contributed by atoms with Gasteiger partial charge < -0.3 is 28.8 Å². The van der Waals surface area contributed by atoms with Crippen LogP contribution in [0.4, 0.5) is 0 Å². The van der Waals surface area contributed by atoms with E-state index < -0.39 is 77.1 Å². The monoisotopic (exact) mass is 550 g/mol. The normalized spacial score (nSPS) is 37.7. The first kappa shape index (κ1) is 30.3. The summed E-state index contributed by atoms with van der Waals surface area (Å²) in [4.78, 5) is 61.5. The molecule has 11 nitrogen and oxygen atoms in total. The summed E-state index contributed by atoms with van der Waals surface area (Å²) in [7, 11) is 0. The summed E-state index contributed by atoms with van der Waals surface area (Å²) in [6.07, 6.45) is -1.75. The molecule has 2 aliphatic carbocycles. The number of carbonyl (C=O) groups excluding carboxylic acids is 5. The Balaban J connectivity index is 2.33. The molecular formula is C28H38O11. The molecule has 1 N–H and O–H groups in total. The lowest BCUT2D eigenvalue weighted by Gasteiger charge is -2.55. The summed E-state index contributed by atoms with van der Waals surface area (Å²) in [6.45, 7) is 12.2. The Bertz CT molecular complexity index is 1080. The molecule has 39 heavy (non-hydrogen) atoms. The van der Waals surface area contributed by atoms with Crippen molar-refractivity contribution in [3.05, 3.63) is 23.8 Å². The van der Waals surface area contributed by atoms with Gasteiger partial charge in [-0.3, -0.25) is 24.0 Å². The van der Waals surface area contributed by atoms with Crippen LogP contribution in [0.1, 0.15) is 67.2 Å². The molecule has 0 radical (unpaired) electrons. The van der Waals surface area contributed by atoms with Crippen molar-refractivity contribution in [2.45, 2.75) is 97.2 Å². The standard InChI is InChI=1S/C28H38O11/c1-14-8-10-21(36-17(4)30)27(7)22(37-18(5)31)11-9-20(13-35-16(3)29)12-23-28(34,15(2)26(33)39-23)25(24(14)27)38-19(6)32/h12,15,21-25,34H,1,8-11,13H2,2-7H3/b20-12+/t15-,21-,22-,23-,24+,25-,27+,28-/m0/s1. The van der Waals surface area contributed by atoms with Crippen LogP contribution in [-0.2, 0) is 47.7 Å². The summed E-state index contributed by atoms with van der Waals surface area (Å²) in [5.41, 5.74) is -2.26. The zero-order valence-electron chi connectivity index (χ0n) is 23.3. The van der Waals surface area contributed by atoms with Crippen molar-refractivity contribution in [2.24, 2.45) is 17.3 Å². The largest absolute Gasteiger partial charge is 0.462 e. The van der Waals surface area contributed by atoms with Crippen LogP contribution in [0.3, 0.4) is 0 Å². The molecule has 1 aliphatic heterocycles. The van der Waals surface area contributed by atoms with Gasteiger partial charge in [-0.2, -0.15) is 0 Å². The van der Waals surface area contributed by atoms with Crippen LogP contribution in [0.5, 0.6) is 0 Å². The molecule has 11 heteroatoms. The first-order valence-electron chi connectivity index (χ1n) is 13.1. The summed E-state index contributed by atoms with van der Waals surface area (Å²) in [6, 6.07) is 0. The maximum Gasteiger partial charge on any atom is 0.312 e. The average Bonchev–Trinajstić information content (AvgIpc) is 3.03. The van der Waals surface area contributed by atoms with E-state index in [4.69, 9.17) is 23.7 Å². The number of rotatable bonds is 5. The molecule has 8 atom stereocenters. The molecule has 1 heterocycles. The second kappa shape index (κ2) is 11.5. The summed E-state index contributed by atoms with van der Waals surface area (Å²) in [5, 5.41) is 12.4. The van der Waals surface area contributed by atoms with Gasteiger partial charge in [-0.15, -0.1) is 0 Å². The highest BCUT2D eigenvalue weighted by Gasteiger charge is 2.67. The van der Waals surface area contributed by atoms with Gasteiger partial charge in [-0.25, -0.2) is 0 Å². The van der Waals surface area contributed by atoms with Crippen LogP contribution < -0.4 is 0 Å². The minimum atomic E-state index is -2.09. The molecule has 1 saturated carbocycles. The number of esters is 5. The molecule has 3 rings (SSSR count). The van der Waals surface area contributed by atoms with Gasteiger partial charge in [-0.1, -0.05) is 19.1 Å². The van der Waals surface area contributed by atoms with Gasteiger partial charge in [0.25, 0.3) is 0 Å². The van der Waals surface area contributed by atoms with Crippen LogP contribution in [0.15, 0.2) is 23.8 Å². The number of ether oxygens (including phenoxy) is 5. The molecule has 2 fully saturated rings. The quantitative estimate of drug-likeness (QED) is 0.305. The van der Waals surface area contributed by atoms with Gasteiger partial charge in [0.1, 0.15) is 24.9 Å². The summed E-state index contributed by atoms with van der Waals surface area (Å²) in [5.74, 6) is -5.18. The van der Waals surface area contributed by atoms with E-state index in [-0.39, 0.29) is 19.4 Å². The summed E-state index contributed by atoms with van der Waals surface area (Å²) < 4.78 is 28.2. The number of hydrogen-bond donors (Lipinski definition) is 1. The molecule has 0 aromatic heterocycles.